The van der Waals surface area contributed by atoms with Gasteiger partial charge in [-0.1, -0.05) is 6.07 Å². The molecule has 27 heavy (non-hydrogen) atoms. The molecule has 7 nitrogen and oxygen atoms in total. The Hall–Kier alpha value is -2.36. The highest BCUT2D eigenvalue weighted by Gasteiger charge is 2.15. The molecular formula is C19H22IN3O4. The molecule has 0 aliphatic rings. The smallest absolute Gasteiger partial charge is 0.407 e. The highest BCUT2D eigenvalue weighted by atomic mass is 127. The van der Waals surface area contributed by atoms with Gasteiger partial charge in [0.1, 0.15) is 11.4 Å². The summed E-state index contributed by atoms with van der Waals surface area (Å²) in [7, 11) is 0. The summed E-state index contributed by atoms with van der Waals surface area (Å²) in [6.45, 7) is 5.94. The Labute approximate surface area is 171 Å². The number of benzene rings is 1. The molecule has 0 aliphatic heterocycles. The maximum absolute atomic E-state index is 11.6. The molecule has 0 saturated heterocycles. The number of nitrogens with one attached hydrogen (secondary N) is 1. The molecule has 1 aromatic heterocycles. The molecule has 144 valence electrons. The van der Waals surface area contributed by atoms with E-state index in [2.05, 4.69) is 32.9 Å². The first-order valence-corrected chi connectivity index (χ1v) is 9.41. The zero-order valence-corrected chi connectivity index (χ0v) is 17.6. The summed E-state index contributed by atoms with van der Waals surface area (Å²) >= 11 is 2.17. The van der Waals surface area contributed by atoms with Crippen LogP contribution in [0.4, 0.5) is 4.79 Å². The minimum Gasteiger partial charge on any atom is -0.444 e. The lowest BCUT2D eigenvalue weighted by Gasteiger charge is -2.19. The van der Waals surface area contributed by atoms with Gasteiger partial charge in [0.05, 0.1) is 9.13 Å². The van der Waals surface area contributed by atoms with Gasteiger partial charge < -0.3 is 20.5 Å². The first-order chi connectivity index (χ1) is 12.6. The predicted octanol–water partition coefficient (Wildman–Crippen LogP) is 3.64. The second-order valence-corrected chi connectivity index (χ2v) is 7.96. The standard InChI is InChI=1S/C19H22IN3O4/c1-19(2,3)27-18(25)22-9-8-12-4-6-15(14(20)10-12)26-16-7-5-13(11-23-16)17(21)24/h4-7,10-11H,8-9H2,1-3H3,(H2,21,24)(H,22,25). The van der Waals surface area contributed by atoms with Crippen molar-refractivity contribution in [1.29, 1.82) is 0 Å². The number of hydrogen-bond acceptors (Lipinski definition) is 5. The van der Waals surface area contributed by atoms with E-state index < -0.39 is 17.6 Å². The van der Waals surface area contributed by atoms with Gasteiger partial charge in [-0.15, -0.1) is 0 Å². The van der Waals surface area contributed by atoms with Gasteiger partial charge in [0.2, 0.25) is 11.8 Å². The van der Waals surface area contributed by atoms with Gasteiger partial charge in [0.25, 0.3) is 0 Å². The number of pyridine rings is 1. The molecule has 2 aromatic rings. The monoisotopic (exact) mass is 483 g/mol. The number of halogens is 1. The minimum atomic E-state index is -0.534. The first-order valence-electron chi connectivity index (χ1n) is 8.33. The predicted molar refractivity (Wildman–Crippen MR) is 110 cm³/mol. The first kappa shape index (κ1) is 20.9. The normalized spacial score (nSPS) is 11.0. The van der Waals surface area contributed by atoms with Crippen molar-refractivity contribution < 1.29 is 19.1 Å². The average molecular weight is 483 g/mol. The van der Waals surface area contributed by atoms with Crippen molar-refractivity contribution in [2.75, 3.05) is 6.54 Å². The zero-order valence-electron chi connectivity index (χ0n) is 15.4. The lowest BCUT2D eigenvalue weighted by molar-refractivity contribution is 0.0528. The Kier molecular flexibility index (Phi) is 7.00. The van der Waals surface area contributed by atoms with Crippen molar-refractivity contribution in [3.8, 4) is 11.6 Å². The molecule has 0 radical (unpaired) electrons. The topological polar surface area (TPSA) is 104 Å². The molecule has 0 bridgehead atoms. The molecule has 0 atom stereocenters. The van der Waals surface area contributed by atoms with Crippen molar-refractivity contribution in [1.82, 2.24) is 10.3 Å². The molecule has 8 heteroatoms. The fraction of sp³-hybridized carbons (Fsp3) is 0.316. The van der Waals surface area contributed by atoms with Gasteiger partial charge in [-0.2, -0.15) is 0 Å². The summed E-state index contributed by atoms with van der Waals surface area (Å²) < 4.78 is 11.8. The van der Waals surface area contributed by atoms with Crippen LogP contribution in [0, 0.1) is 3.57 Å². The number of alkyl carbamates (subject to hydrolysis) is 1. The lowest BCUT2D eigenvalue weighted by Crippen LogP contribution is -2.33. The zero-order chi connectivity index (χ0) is 20.0. The van der Waals surface area contributed by atoms with E-state index in [0.29, 0.717) is 30.2 Å². The van der Waals surface area contributed by atoms with Crippen molar-refractivity contribution in [3.63, 3.8) is 0 Å². The maximum Gasteiger partial charge on any atom is 0.407 e. The molecule has 1 aromatic carbocycles. The Morgan fingerprint density at radius 2 is 1.96 bits per heavy atom. The fourth-order valence-corrected chi connectivity index (χ4v) is 2.79. The largest absolute Gasteiger partial charge is 0.444 e. The number of hydrogen-bond donors (Lipinski definition) is 2. The summed E-state index contributed by atoms with van der Waals surface area (Å²) in [5, 5.41) is 2.73. The maximum atomic E-state index is 11.6. The van der Waals surface area contributed by atoms with E-state index in [9.17, 15) is 9.59 Å². The number of primary amides is 1. The third-order valence-electron chi connectivity index (χ3n) is 3.31. The Balaban J connectivity index is 1.91. The minimum absolute atomic E-state index is 0.324. The molecule has 3 N–H and O–H groups in total. The fourth-order valence-electron chi connectivity index (χ4n) is 2.10. The molecule has 0 unspecified atom stereocenters. The van der Waals surface area contributed by atoms with Gasteiger partial charge in [0.15, 0.2) is 0 Å². The number of ether oxygens (including phenoxy) is 2. The van der Waals surface area contributed by atoms with E-state index in [4.69, 9.17) is 15.2 Å². The number of amides is 2. The van der Waals surface area contributed by atoms with Crippen LogP contribution in [0.1, 0.15) is 36.7 Å². The van der Waals surface area contributed by atoms with Crippen molar-refractivity contribution in [2.24, 2.45) is 5.73 Å². The van der Waals surface area contributed by atoms with Crippen LogP contribution in [0.3, 0.4) is 0 Å². The second kappa shape index (κ2) is 9.03. The highest BCUT2D eigenvalue weighted by Crippen LogP contribution is 2.26. The quantitative estimate of drug-likeness (QED) is 0.611. The molecule has 0 aliphatic carbocycles. The van der Waals surface area contributed by atoms with Crippen LogP contribution in [0.2, 0.25) is 0 Å². The van der Waals surface area contributed by atoms with Crippen LogP contribution in [-0.4, -0.2) is 29.1 Å². The summed E-state index contributed by atoms with van der Waals surface area (Å²) in [6, 6.07) is 8.90. The molecule has 0 spiro atoms. The van der Waals surface area contributed by atoms with Gasteiger partial charge in [-0.25, -0.2) is 9.78 Å². The molecule has 1 heterocycles. The van der Waals surface area contributed by atoms with Gasteiger partial charge >= 0.3 is 6.09 Å². The van der Waals surface area contributed by atoms with E-state index in [1.807, 2.05) is 39.0 Å². The summed E-state index contributed by atoms with van der Waals surface area (Å²) in [5.74, 6) is 0.490. The molecule has 0 saturated carbocycles. The van der Waals surface area contributed by atoms with Crippen LogP contribution < -0.4 is 15.8 Å². The molecule has 2 amide bonds. The number of carbonyl (C=O) groups is 2. The Morgan fingerprint density at radius 3 is 2.52 bits per heavy atom. The van der Waals surface area contributed by atoms with E-state index in [1.54, 1.807) is 12.1 Å². The number of carbonyl (C=O) groups excluding carboxylic acids is 2. The lowest BCUT2D eigenvalue weighted by atomic mass is 10.1. The van der Waals surface area contributed by atoms with Gasteiger partial charge in [-0.05, 0) is 73.5 Å². The number of rotatable bonds is 6. The van der Waals surface area contributed by atoms with Crippen molar-refractivity contribution >= 4 is 34.6 Å². The van der Waals surface area contributed by atoms with Crippen molar-refractivity contribution in [3.05, 3.63) is 51.2 Å². The Morgan fingerprint density at radius 1 is 1.22 bits per heavy atom. The van der Waals surface area contributed by atoms with Crippen LogP contribution in [0.15, 0.2) is 36.5 Å². The van der Waals surface area contributed by atoms with E-state index in [1.165, 1.54) is 6.20 Å². The molecule has 2 rings (SSSR count). The van der Waals surface area contributed by atoms with Crippen LogP contribution in [0.5, 0.6) is 11.6 Å². The van der Waals surface area contributed by atoms with Gasteiger partial charge in [0, 0.05) is 18.8 Å². The average Bonchev–Trinajstić information content (AvgIpc) is 2.56. The third kappa shape index (κ3) is 7.05. The summed E-state index contributed by atoms with van der Waals surface area (Å²) in [6.07, 6.45) is 1.62. The number of aromatic nitrogens is 1. The number of nitrogens with two attached hydrogens (primary N) is 1. The van der Waals surface area contributed by atoms with E-state index >= 15 is 0 Å². The summed E-state index contributed by atoms with van der Waals surface area (Å²) in [4.78, 5) is 26.8. The van der Waals surface area contributed by atoms with Crippen LogP contribution >= 0.6 is 22.6 Å². The van der Waals surface area contributed by atoms with Crippen LogP contribution in [0.25, 0.3) is 0 Å². The highest BCUT2D eigenvalue weighted by molar-refractivity contribution is 14.1. The van der Waals surface area contributed by atoms with E-state index in [-0.39, 0.29) is 0 Å². The number of nitrogens with zero attached hydrogens (tertiary/aromatic N) is 1. The second-order valence-electron chi connectivity index (χ2n) is 6.79. The summed E-state index contributed by atoms with van der Waals surface area (Å²) in [5.41, 5.74) is 6.06. The SMILES string of the molecule is CC(C)(C)OC(=O)NCCc1ccc(Oc2ccc(C(N)=O)cn2)c(I)c1. The Bertz CT molecular complexity index is 817. The molecular weight excluding hydrogens is 461 g/mol. The van der Waals surface area contributed by atoms with Crippen LogP contribution in [-0.2, 0) is 11.2 Å². The van der Waals surface area contributed by atoms with E-state index in [0.717, 1.165) is 9.13 Å². The van der Waals surface area contributed by atoms with Crippen molar-refractivity contribution in [2.45, 2.75) is 32.8 Å². The molecule has 0 fully saturated rings. The third-order valence-corrected chi connectivity index (χ3v) is 4.16. The van der Waals surface area contributed by atoms with Gasteiger partial charge in [-0.3, -0.25) is 4.79 Å².